The van der Waals surface area contributed by atoms with Gasteiger partial charge in [0, 0.05) is 24.1 Å². The fourth-order valence-electron chi connectivity index (χ4n) is 2.92. The van der Waals surface area contributed by atoms with Crippen molar-refractivity contribution in [1.82, 2.24) is 0 Å². The highest BCUT2D eigenvalue weighted by Gasteiger charge is 2.31. The van der Waals surface area contributed by atoms with Crippen molar-refractivity contribution in [3.63, 3.8) is 0 Å². The average Bonchev–Trinajstić information content (AvgIpc) is 2.66. The first-order valence-electron chi connectivity index (χ1n) is 9.13. The van der Waals surface area contributed by atoms with Crippen LogP contribution < -0.4 is 14.8 Å². The van der Waals surface area contributed by atoms with E-state index in [1.165, 1.54) is 13.2 Å². The van der Waals surface area contributed by atoms with E-state index in [0.717, 1.165) is 12.1 Å². The molecule has 1 atom stereocenters. The Morgan fingerprint density at radius 3 is 2.27 bits per heavy atom. The third-order valence-corrected chi connectivity index (χ3v) is 4.27. The summed E-state index contributed by atoms with van der Waals surface area (Å²) in [6, 6.07) is 9.53. The molecule has 0 saturated carbocycles. The van der Waals surface area contributed by atoms with Crippen LogP contribution in [0.3, 0.4) is 0 Å². The Labute approximate surface area is 171 Å². The number of amides is 1. The van der Waals surface area contributed by atoms with Crippen LogP contribution in [0.25, 0.3) is 0 Å². The maximum absolute atomic E-state index is 13.1. The van der Waals surface area contributed by atoms with Gasteiger partial charge in [0.2, 0.25) is 5.91 Å². The zero-order valence-electron chi connectivity index (χ0n) is 16.5. The summed E-state index contributed by atoms with van der Waals surface area (Å²) >= 11 is 0. The van der Waals surface area contributed by atoms with Gasteiger partial charge in [-0.3, -0.25) is 9.59 Å². The number of hydrogen-bond donors (Lipinski definition) is 2. The minimum absolute atomic E-state index is 0.0279. The van der Waals surface area contributed by atoms with E-state index in [9.17, 15) is 27.9 Å². The first-order valence-corrected chi connectivity index (χ1v) is 9.13. The van der Waals surface area contributed by atoms with E-state index in [-0.39, 0.29) is 30.9 Å². The zero-order chi connectivity index (χ0) is 22.3. The van der Waals surface area contributed by atoms with Gasteiger partial charge >= 0.3 is 12.1 Å². The number of carbonyl (C=O) groups is 2. The molecular formula is C21H22F3NO5. The van der Waals surface area contributed by atoms with Gasteiger partial charge in [-0.2, -0.15) is 13.2 Å². The molecule has 2 rings (SSSR count). The van der Waals surface area contributed by atoms with Crippen molar-refractivity contribution in [2.24, 2.45) is 0 Å². The fourth-order valence-corrected chi connectivity index (χ4v) is 2.92. The molecule has 0 aliphatic heterocycles. The van der Waals surface area contributed by atoms with Crippen LogP contribution >= 0.6 is 0 Å². The SMILES string of the molecule is CCOc1cc(NC(=O)CC(CC(=O)O)c2ccc(OC)cc2)cc(C(F)(F)F)c1. The number of anilines is 1. The summed E-state index contributed by atoms with van der Waals surface area (Å²) < 4.78 is 49.6. The second-order valence-corrected chi connectivity index (χ2v) is 6.50. The van der Waals surface area contributed by atoms with Crippen LogP contribution in [-0.2, 0) is 15.8 Å². The first-order chi connectivity index (χ1) is 14.1. The van der Waals surface area contributed by atoms with Crippen LogP contribution in [0.1, 0.15) is 36.8 Å². The Morgan fingerprint density at radius 1 is 1.07 bits per heavy atom. The molecule has 0 radical (unpaired) electrons. The third-order valence-electron chi connectivity index (χ3n) is 4.27. The number of carboxylic acids is 1. The van der Waals surface area contributed by atoms with Gasteiger partial charge in [0.25, 0.3) is 0 Å². The van der Waals surface area contributed by atoms with E-state index in [0.29, 0.717) is 11.3 Å². The van der Waals surface area contributed by atoms with Gasteiger partial charge in [-0.25, -0.2) is 0 Å². The fraction of sp³-hybridized carbons (Fsp3) is 0.333. The van der Waals surface area contributed by atoms with Crippen molar-refractivity contribution in [2.75, 3.05) is 19.0 Å². The van der Waals surface area contributed by atoms with Crippen molar-refractivity contribution in [2.45, 2.75) is 31.9 Å². The maximum atomic E-state index is 13.1. The minimum Gasteiger partial charge on any atom is -0.497 e. The lowest BCUT2D eigenvalue weighted by Gasteiger charge is -2.17. The van der Waals surface area contributed by atoms with E-state index in [1.54, 1.807) is 31.2 Å². The van der Waals surface area contributed by atoms with Crippen LogP contribution in [0.15, 0.2) is 42.5 Å². The molecule has 0 spiro atoms. The van der Waals surface area contributed by atoms with Crippen molar-refractivity contribution >= 4 is 17.6 Å². The number of aliphatic carboxylic acids is 1. The highest BCUT2D eigenvalue weighted by atomic mass is 19.4. The number of halogens is 3. The first kappa shape index (κ1) is 23.1. The second-order valence-electron chi connectivity index (χ2n) is 6.50. The van der Waals surface area contributed by atoms with Gasteiger partial charge in [-0.1, -0.05) is 12.1 Å². The normalized spacial score (nSPS) is 12.2. The molecule has 2 N–H and O–H groups in total. The summed E-state index contributed by atoms with van der Waals surface area (Å²) in [6.07, 6.45) is -5.15. The molecule has 0 fully saturated rings. The Kier molecular flexibility index (Phi) is 7.68. The second kappa shape index (κ2) is 10.00. The lowest BCUT2D eigenvalue weighted by Crippen LogP contribution is -2.18. The van der Waals surface area contributed by atoms with E-state index >= 15 is 0 Å². The highest BCUT2D eigenvalue weighted by molar-refractivity contribution is 5.92. The third kappa shape index (κ3) is 6.68. The lowest BCUT2D eigenvalue weighted by atomic mass is 9.92. The topological polar surface area (TPSA) is 84.9 Å². The Hall–Kier alpha value is -3.23. The number of ether oxygens (including phenoxy) is 2. The molecule has 162 valence electrons. The van der Waals surface area contributed by atoms with Crippen molar-refractivity contribution in [3.05, 3.63) is 53.6 Å². The number of benzene rings is 2. The Balaban J connectivity index is 2.21. The lowest BCUT2D eigenvalue weighted by molar-refractivity contribution is -0.138. The average molecular weight is 425 g/mol. The monoisotopic (exact) mass is 425 g/mol. The number of methoxy groups -OCH3 is 1. The largest absolute Gasteiger partial charge is 0.497 e. The van der Waals surface area contributed by atoms with E-state index in [1.807, 2.05) is 0 Å². The number of hydrogen-bond acceptors (Lipinski definition) is 4. The van der Waals surface area contributed by atoms with Gasteiger partial charge in [-0.15, -0.1) is 0 Å². The molecule has 0 bridgehead atoms. The summed E-state index contributed by atoms with van der Waals surface area (Å²) in [5.41, 5.74) is -0.435. The number of alkyl halides is 3. The number of rotatable bonds is 9. The van der Waals surface area contributed by atoms with E-state index < -0.39 is 29.5 Å². The predicted octanol–water partition coefficient (Wildman–Crippen LogP) is 4.70. The molecule has 0 aliphatic carbocycles. The van der Waals surface area contributed by atoms with Gasteiger partial charge in [0.1, 0.15) is 11.5 Å². The molecule has 0 saturated heterocycles. The van der Waals surface area contributed by atoms with Gasteiger partial charge in [-0.05, 0) is 36.8 Å². The van der Waals surface area contributed by atoms with Gasteiger partial charge in [0.05, 0.1) is 25.7 Å². The molecule has 6 nitrogen and oxygen atoms in total. The highest BCUT2D eigenvalue weighted by Crippen LogP contribution is 2.34. The van der Waals surface area contributed by atoms with E-state index in [4.69, 9.17) is 9.47 Å². The van der Waals surface area contributed by atoms with Crippen LogP contribution in [-0.4, -0.2) is 30.7 Å². The van der Waals surface area contributed by atoms with Gasteiger partial charge < -0.3 is 19.9 Å². The molecule has 0 heterocycles. The standard InChI is InChI=1S/C21H22F3NO5/c1-3-30-18-11-15(21(22,23)24)10-16(12-18)25-19(26)8-14(9-20(27)28)13-4-6-17(29-2)7-5-13/h4-7,10-12,14H,3,8-9H2,1-2H3,(H,25,26)(H,27,28). The van der Waals surface area contributed by atoms with E-state index in [2.05, 4.69) is 5.32 Å². The molecule has 0 aromatic heterocycles. The maximum Gasteiger partial charge on any atom is 0.416 e. The summed E-state index contributed by atoms with van der Waals surface area (Å²) in [6.45, 7) is 1.79. The summed E-state index contributed by atoms with van der Waals surface area (Å²) in [7, 11) is 1.49. The van der Waals surface area contributed by atoms with Crippen LogP contribution in [0.2, 0.25) is 0 Å². The minimum atomic E-state index is -4.61. The molecular weight excluding hydrogens is 403 g/mol. The summed E-state index contributed by atoms with van der Waals surface area (Å²) in [5, 5.41) is 11.6. The number of carbonyl (C=O) groups excluding carboxylic acids is 1. The molecule has 1 amide bonds. The summed E-state index contributed by atoms with van der Waals surface area (Å²) in [5.74, 6) is -1.82. The predicted molar refractivity (Wildman–Crippen MR) is 104 cm³/mol. The number of carboxylic acid groups (broad SMARTS) is 1. The quantitative estimate of drug-likeness (QED) is 0.608. The number of nitrogens with one attached hydrogen (secondary N) is 1. The van der Waals surface area contributed by atoms with Gasteiger partial charge in [0.15, 0.2) is 0 Å². The molecule has 9 heteroatoms. The molecule has 2 aromatic rings. The van der Waals surface area contributed by atoms with Crippen molar-refractivity contribution in [1.29, 1.82) is 0 Å². The zero-order valence-corrected chi connectivity index (χ0v) is 16.5. The summed E-state index contributed by atoms with van der Waals surface area (Å²) in [4.78, 5) is 23.7. The Bertz CT molecular complexity index is 881. The molecule has 0 aliphatic rings. The van der Waals surface area contributed by atoms with Crippen LogP contribution in [0, 0.1) is 0 Å². The van der Waals surface area contributed by atoms with Crippen LogP contribution in [0.4, 0.5) is 18.9 Å². The van der Waals surface area contributed by atoms with Crippen LogP contribution in [0.5, 0.6) is 11.5 Å². The smallest absolute Gasteiger partial charge is 0.416 e. The van der Waals surface area contributed by atoms with Crippen molar-refractivity contribution in [3.8, 4) is 11.5 Å². The van der Waals surface area contributed by atoms with Crippen molar-refractivity contribution < 1.29 is 37.3 Å². The molecule has 1 unspecified atom stereocenters. The Morgan fingerprint density at radius 2 is 1.73 bits per heavy atom. The molecule has 30 heavy (non-hydrogen) atoms. The molecule has 2 aromatic carbocycles.